The molecule has 0 radical (unpaired) electrons. The predicted octanol–water partition coefficient (Wildman–Crippen LogP) is 1.10. The Morgan fingerprint density at radius 2 is 2.54 bits per heavy atom. The number of carbonyl (C=O) groups excluding carboxylic acids is 1. The van der Waals surface area contributed by atoms with E-state index in [1.165, 1.54) is 5.57 Å². The quantitative estimate of drug-likeness (QED) is 0.523. The highest BCUT2D eigenvalue weighted by atomic mass is 16.5. The first kappa shape index (κ1) is 10.3. The molecule has 74 valence electrons. The number of ether oxygens (including phenoxy) is 1. The van der Waals surface area contributed by atoms with Crippen LogP contribution in [0.2, 0.25) is 0 Å². The van der Waals surface area contributed by atoms with Gasteiger partial charge in [0.2, 0.25) is 6.41 Å². The van der Waals surface area contributed by atoms with Crippen molar-refractivity contribution in [2.45, 2.75) is 25.4 Å². The van der Waals surface area contributed by atoms with Gasteiger partial charge >= 0.3 is 0 Å². The van der Waals surface area contributed by atoms with E-state index in [4.69, 9.17) is 4.74 Å². The second-order valence-electron chi connectivity index (χ2n) is 3.55. The molecule has 1 rings (SSSR count). The van der Waals surface area contributed by atoms with Gasteiger partial charge in [-0.1, -0.05) is 12.2 Å². The van der Waals surface area contributed by atoms with Gasteiger partial charge in [-0.15, -0.1) is 0 Å². The van der Waals surface area contributed by atoms with Crippen molar-refractivity contribution in [3.63, 3.8) is 0 Å². The summed E-state index contributed by atoms with van der Waals surface area (Å²) in [4.78, 5) is 10.1. The SMILES string of the molecule is C=C1CCC(CNC=O)C(OC)C1. The predicted molar refractivity (Wildman–Crippen MR) is 51.3 cm³/mol. The van der Waals surface area contributed by atoms with E-state index in [2.05, 4.69) is 11.9 Å². The number of nitrogens with one attached hydrogen (secondary N) is 1. The van der Waals surface area contributed by atoms with E-state index in [-0.39, 0.29) is 6.10 Å². The minimum Gasteiger partial charge on any atom is -0.381 e. The van der Waals surface area contributed by atoms with E-state index >= 15 is 0 Å². The fourth-order valence-electron chi connectivity index (χ4n) is 1.84. The van der Waals surface area contributed by atoms with E-state index in [1.807, 2.05) is 0 Å². The Balaban J connectivity index is 2.42. The minimum atomic E-state index is 0.230. The standard InChI is InChI=1S/C10H17NO2/c1-8-3-4-9(6-11-7-12)10(5-8)13-2/h7,9-10H,1,3-6H2,2H3,(H,11,12). The van der Waals surface area contributed by atoms with Gasteiger partial charge in [0.15, 0.2) is 0 Å². The molecular weight excluding hydrogens is 166 g/mol. The van der Waals surface area contributed by atoms with Gasteiger partial charge in [-0.25, -0.2) is 0 Å². The van der Waals surface area contributed by atoms with Crippen molar-refractivity contribution in [2.75, 3.05) is 13.7 Å². The Labute approximate surface area is 79.2 Å². The summed E-state index contributed by atoms with van der Waals surface area (Å²) in [5.74, 6) is 0.445. The maximum atomic E-state index is 10.1. The van der Waals surface area contributed by atoms with E-state index in [9.17, 15) is 4.79 Å². The van der Waals surface area contributed by atoms with E-state index < -0.39 is 0 Å². The fraction of sp³-hybridized carbons (Fsp3) is 0.700. The molecule has 0 aromatic heterocycles. The molecule has 1 saturated carbocycles. The first-order valence-electron chi connectivity index (χ1n) is 4.64. The monoisotopic (exact) mass is 183 g/mol. The zero-order valence-corrected chi connectivity index (χ0v) is 8.08. The Bertz CT molecular complexity index is 189. The number of carbonyl (C=O) groups is 1. The van der Waals surface area contributed by atoms with Crippen LogP contribution >= 0.6 is 0 Å². The van der Waals surface area contributed by atoms with Crippen molar-refractivity contribution in [3.8, 4) is 0 Å². The molecule has 0 saturated heterocycles. The number of hydrogen-bond acceptors (Lipinski definition) is 2. The topological polar surface area (TPSA) is 38.3 Å². The molecule has 13 heavy (non-hydrogen) atoms. The molecule has 0 spiro atoms. The molecule has 2 atom stereocenters. The van der Waals surface area contributed by atoms with Crippen LogP contribution in [0, 0.1) is 5.92 Å². The summed E-state index contributed by atoms with van der Waals surface area (Å²) < 4.78 is 5.35. The summed E-state index contributed by atoms with van der Waals surface area (Å²) in [5, 5.41) is 2.71. The number of rotatable bonds is 4. The number of hydrogen-bond donors (Lipinski definition) is 1. The molecule has 3 heteroatoms. The molecule has 0 aromatic rings. The van der Waals surface area contributed by atoms with Crippen LogP contribution in [0.5, 0.6) is 0 Å². The van der Waals surface area contributed by atoms with Crippen molar-refractivity contribution in [1.82, 2.24) is 5.32 Å². The van der Waals surface area contributed by atoms with Gasteiger partial charge in [0.05, 0.1) is 6.10 Å². The maximum Gasteiger partial charge on any atom is 0.207 e. The van der Waals surface area contributed by atoms with Crippen molar-refractivity contribution < 1.29 is 9.53 Å². The lowest BCUT2D eigenvalue weighted by Crippen LogP contribution is -2.35. The van der Waals surface area contributed by atoms with Crippen molar-refractivity contribution >= 4 is 6.41 Å². The third-order valence-electron chi connectivity index (χ3n) is 2.65. The van der Waals surface area contributed by atoms with Crippen molar-refractivity contribution in [1.29, 1.82) is 0 Å². The first-order chi connectivity index (χ1) is 6.27. The second-order valence-corrected chi connectivity index (χ2v) is 3.55. The highest BCUT2D eigenvalue weighted by Gasteiger charge is 2.25. The summed E-state index contributed by atoms with van der Waals surface area (Å²) in [6, 6.07) is 0. The van der Waals surface area contributed by atoms with E-state index in [0.29, 0.717) is 5.92 Å². The van der Waals surface area contributed by atoms with Gasteiger partial charge < -0.3 is 10.1 Å². The summed E-state index contributed by atoms with van der Waals surface area (Å²) in [5.41, 5.74) is 1.26. The molecular formula is C10H17NO2. The van der Waals surface area contributed by atoms with E-state index in [1.54, 1.807) is 7.11 Å². The third-order valence-corrected chi connectivity index (χ3v) is 2.65. The Hall–Kier alpha value is -0.830. The molecule has 0 aliphatic heterocycles. The smallest absolute Gasteiger partial charge is 0.207 e. The normalized spacial score (nSPS) is 28.5. The molecule has 0 aromatic carbocycles. The van der Waals surface area contributed by atoms with Gasteiger partial charge in [-0.05, 0) is 19.3 Å². The Kier molecular flexibility index (Phi) is 3.96. The molecule has 2 unspecified atom stereocenters. The summed E-state index contributed by atoms with van der Waals surface area (Å²) >= 11 is 0. The maximum absolute atomic E-state index is 10.1. The highest BCUT2D eigenvalue weighted by Crippen LogP contribution is 2.28. The molecule has 1 N–H and O–H groups in total. The lowest BCUT2D eigenvalue weighted by atomic mass is 9.84. The van der Waals surface area contributed by atoms with Gasteiger partial charge in [0.1, 0.15) is 0 Å². The minimum absolute atomic E-state index is 0.230. The average molecular weight is 183 g/mol. The number of amides is 1. The average Bonchev–Trinajstić information content (AvgIpc) is 2.16. The number of methoxy groups -OCH3 is 1. The summed E-state index contributed by atoms with van der Waals surface area (Å²) in [6.07, 6.45) is 4.04. The van der Waals surface area contributed by atoms with Crippen LogP contribution in [0.3, 0.4) is 0 Å². The summed E-state index contributed by atoms with van der Waals surface area (Å²) in [7, 11) is 1.72. The molecule has 3 nitrogen and oxygen atoms in total. The van der Waals surface area contributed by atoms with Gasteiger partial charge in [0, 0.05) is 19.6 Å². The second kappa shape index (κ2) is 5.02. The van der Waals surface area contributed by atoms with Gasteiger partial charge in [0.25, 0.3) is 0 Å². The van der Waals surface area contributed by atoms with Crippen LogP contribution in [0.4, 0.5) is 0 Å². The fourth-order valence-corrected chi connectivity index (χ4v) is 1.84. The molecule has 0 heterocycles. The van der Waals surface area contributed by atoms with E-state index in [0.717, 1.165) is 32.2 Å². The lowest BCUT2D eigenvalue weighted by molar-refractivity contribution is -0.110. The van der Waals surface area contributed by atoms with Crippen LogP contribution < -0.4 is 5.32 Å². The van der Waals surface area contributed by atoms with Crippen LogP contribution in [0.15, 0.2) is 12.2 Å². The van der Waals surface area contributed by atoms with Crippen LogP contribution in [0.25, 0.3) is 0 Å². The lowest BCUT2D eigenvalue weighted by Gasteiger charge is -2.31. The summed E-state index contributed by atoms with van der Waals surface area (Å²) in [6.45, 7) is 4.67. The van der Waals surface area contributed by atoms with Crippen molar-refractivity contribution in [3.05, 3.63) is 12.2 Å². The first-order valence-corrected chi connectivity index (χ1v) is 4.64. The van der Waals surface area contributed by atoms with Crippen LogP contribution in [-0.2, 0) is 9.53 Å². The van der Waals surface area contributed by atoms with Crippen molar-refractivity contribution in [2.24, 2.45) is 5.92 Å². The molecule has 1 aliphatic carbocycles. The van der Waals surface area contributed by atoms with Crippen LogP contribution in [-0.4, -0.2) is 26.2 Å². The molecule has 1 fully saturated rings. The van der Waals surface area contributed by atoms with Gasteiger partial charge in [-0.2, -0.15) is 0 Å². The largest absolute Gasteiger partial charge is 0.381 e. The molecule has 1 amide bonds. The zero-order chi connectivity index (χ0) is 9.68. The molecule has 0 bridgehead atoms. The third kappa shape index (κ3) is 2.84. The van der Waals surface area contributed by atoms with Gasteiger partial charge in [-0.3, -0.25) is 4.79 Å². The Morgan fingerprint density at radius 1 is 1.77 bits per heavy atom. The Morgan fingerprint density at radius 3 is 3.15 bits per heavy atom. The molecule has 1 aliphatic rings. The zero-order valence-electron chi connectivity index (χ0n) is 8.08. The van der Waals surface area contributed by atoms with Crippen LogP contribution in [0.1, 0.15) is 19.3 Å². The highest BCUT2D eigenvalue weighted by molar-refractivity contribution is 5.45.